The molecule has 35 heavy (non-hydrogen) atoms. The first-order chi connectivity index (χ1) is 17.1. The Hall–Kier alpha value is -3.26. The van der Waals surface area contributed by atoms with Crippen LogP contribution in [-0.2, 0) is 4.79 Å². The summed E-state index contributed by atoms with van der Waals surface area (Å²) in [5, 5.41) is 6.91. The second-order valence-electron chi connectivity index (χ2n) is 9.31. The van der Waals surface area contributed by atoms with Crippen LogP contribution >= 0.6 is 12.2 Å². The summed E-state index contributed by atoms with van der Waals surface area (Å²) in [6.45, 7) is 0.460. The summed E-state index contributed by atoms with van der Waals surface area (Å²) in [5.74, 6) is -0.473. The van der Waals surface area contributed by atoms with Gasteiger partial charge in [-0.15, -0.1) is 0 Å². The topological polar surface area (TPSA) is 62.2 Å². The molecule has 2 unspecified atom stereocenters. The van der Waals surface area contributed by atoms with Crippen molar-refractivity contribution in [1.82, 2.24) is 19.8 Å². The van der Waals surface area contributed by atoms with Crippen LogP contribution < -0.4 is 10.6 Å². The molecular formula is C27H30FN5OS. The van der Waals surface area contributed by atoms with E-state index in [2.05, 4.69) is 43.5 Å². The number of hydrogen-bond donors (Lipinski definition) is 2. The van der Waals surface area contributed by atoms with E-state index >= 15 is 0 Å². The van der Waals surface area contributed by atoms with Crippen molar-refractivity contribution in [2.75, 3.05) is 11.9 Å². The van der Waals surface area contributed by atoms with Gasteiger partial charge < -0.3 is 20.1 Å². The molecule has 1 aliphatic heterocycles. The second-order valence-corrected chi connectivity index (χ2v) is 9.70. The summed E-state index contributed by atoms with van der Waals surface area (Å²) in [6, 6.07) is 14.2. The Labute approximate surface area is 210 Å². The van der Waals surface area contributed by atoms with E-state index in [0.29, 0.717) is 23.4 Å². The smallest absolute Gasteiger partial charge is 0.226 e. The third kappa shape index (κ3) is 5.37. The Kier molecular flexibility index (Phi) is 7.08. The lowest BCUT2D eigenvalue weighted by molar-refractivity contribution is -0.116. The Morgan fingerprint density at radius 3 is 2.66 bits per heavy atom. The van der Waals surface area contributed by atoms with Crippen LogP contribution in [0.4, 0.5) is 10.1 Å². The third-order valence-electron chi connectivity index (χ3n) is 6.98. The highest BCUT2D eigenvalue weighted by Gasteiger charge is 2.40. The number of pyridine rings is 1. The lowest BCUT2D eigenvalue weighted by Gasteiger charge is -2.27. The van der Waals surface area contributed by atoms with E-state index in [1.54, 1.807) is 18.3 Å². The summed E-state index contributed by atoms with van der Waals surface area (Å²) in [5.41, 5.74) is 2.66. The van der Waals surface area contributed by atoms with E-state index in [1.807, 2.05) is 18.2 Å². The van der Waals surface area contributed by atoms with Gasteiger partial charge in [-0.2, -0.15) is 0 Å². The zero-order valence-electron chi connectivity index (χ0n) is 19.6. The van der Waals surface area contributed by atoms with E-state index in [9.17, 15) is 9.18 Å². The molecule has 182 valence electrons. The van der Waals surface area contributed by atoms with Gasteiger partial charge in [0.1, 0.15) is 5.82 Å². The maximum Gasteiger partial charge on any atom is 0.226 e. The lowest BCUT2D eigenvalue weighted by Crippen LogP contribution is -2.32. The van der Waals surface area contributed by atoms with Crippen LogP contribution in [0.1, 0.15) is 67.9 Å². The number of nitrogens with one attached hydrogen (secondary N) is 2. The Morgan fingerprint density at radius 2 is 1.91 bits per heavy atom. The minimum Gasteiger partial charge on any atom is -0.352 e. The molecular weight excluding hydrogens is 461 g/mol. The van der Waals surface area contributed by atoms with Gasteiger partial charge >= 0.3 is 0 Å². The molecule has 2 N–H and O–H groups in total. The van der Waals surface area contributed by atoms with Crippen LogP contribution in [0.5, 0.6) is 0 Å². The van der Waals surface area contributed by atoms with E-state index in [1.165, 1.54) is 44.2 Å². The number of hydrogen-bond acceptors (Lipinski definition) is 3. The number of halogens is 1. The molecule has 0 bridgehead atoms. The highest BCUT2D eigenvalue weighted by atomic mass is 32.1. The first-order valence-corrected chi connectivity index (χ1v) is 12.7. The number of benzene rings is 1. The fourth-order valence-electron chi connectivity index (χ4n) is 5.20. The molecule has 0 spiro atoms. The van der Waals surface area contributed by atoms with Crippen LogP contribution in [0.15, 0.2) is 67.1 Å². The van der Waals surface area contributed by atoms with Crippen molar-refractivity contribution >= 4 is 28.9 Å². The minimum atomic E-state index is -0.333. The van der Waals surface area contributed by atoms with Crippen molar-refractivity contribution in [3.05, 3.63) is 84.2 Å². The van der Waals surface area contributed by atoms with Crippen molar-refractivity contribution in [1.29, 1.82) is 0 Å². The molecule has 2 fully saturated rings. The summed E-state index contributed by atoms with van der Waals surface area (Å²) < 4.78 is 15.5. The zero-order valence-corrected chi connectivity index (χ0v) is 20.4. The average molecular weight is 492 g/mol. The molecule has 3 heterocycles. The van der Waals surface area contributed by atoms with Crippen LogP contribution in [0, 0.1) is 5.82 Å². The number of aromatic nitrogens is 2. The predicted molar refractivity (Wildman–Crippen MR) is 138 cm³/mol. The van der Waals surface area contributed by atoms with Gasteiger partial charge in [0.05, 0.1) is 17.8 Å². The Morgan fingerprint density at radius 1 is 1.11 bits per heavy atom. The molecule has 8 heteroatoms. The third-order valence-corrected chi connectivity index (χ3v) is 7.33. The fraction of sp³-hybridized carbons (Fsp3) is 0.370. The molecule has 2 aliphatic rings. The van der Waals surface area contributed by atoms with Gasteiger partial charge in [0, 0.05) is 43.3 Å². The summed E-state index contributed by atoms with van der Waals surface area (Å²) >= 11 is 5.73. The van der Waals surface area contributed by atoms with Crippen LogP contribution in [0.2, 0.25) is 0 Å². The summed E-state index contributed by atoms with van der Waals surface area (Å²) in [6.07, 6.45) is 12.8. The van der Waals surface area contributed by atoms with Gasteiger partial charge in [0.2, 0.25) is 5.91 Å². The molecule has 3 aromatic rings. The van der Waals surface area contributed by atoms with Gasteiger partial charge in [-0.05, 0) is 73.1 Å². The highest BCUT2D eigenvalue weighted by Crippen LogP contribution is 2.39. The monoisotopic (exact) mass is 491 g/mol. The number of rotatable bonds is 7. The van der Waals surface area contributed by atoms with E-state index < -0.39 is 0 Å². The number of carbonyl (C=O) groups is 1. The van der Waals surface area contributed by atoms with E-state index in [0.717, 1.165) is 11.3 Å². The first kappa shape index (κ1) is 23.5. The normalized spacial score (nSPS) is 20.6. The van der Waals surface area contributed by atoms with Crippen molar-refractivity contribution < 1.29 is 9.18 Å². The van der Waals surface area contributed by atoms with Crippen molar-refractivity contribution in [3.8, 4) is 0 Å². The number of carbonyl (C=O) groups excluding carboxylic acids is 1. The number of amides is 1. The SMILES string of the molecule is O=C(CCN1C(=S)NC(c2ccccn2)C1c1ccn(C2CCCCC2)c1)Nc1ccc(F)cc1. The van der Waals surface area contributed by atoms with Crippen molar-refractivity contribution in [2.45, 2.75) is 56.7 Å². The molecule has 1 saturated carbocycles. The number of anilines is 1. The molecule has 1 saturated heterocycles. The first-order valence-electron chi connectivity index (χ1n) is 12.3. The van der Waals surface area contributed by atoms with Crippen LogP contribution in [0.3, 0.4) is 0 Å². The standard InChI is InChI=1S/C27H30FN5OS/c28-20-9-11-21(12-10-20)30-24(34)14-17-33-26(25(31-27(33)35)23-8-4-5-15-29-23)19-13-16-32(18-19)22-6-2-1-3-7-22/h4-5,8-13,15-16,18,22,25-26H,1-3,6-7,14,17H2,(H,30,34)(H,31,35). The summed E-state index contributed by atoms with van der Waals surface area (Å²) in [4.78, 5) is 19.3. The fourth-order valence-corrected chi connectivity index (χ4v) is 5.53. The molecule has 2 atom stereocenters. The summed E-state index contributed by atoms with van der Waals surface area (Å²) in [7, 11) is 0. The molecule has 0 radical (unpaired) electrons. The molecule has 1 aliphatic carbocycles. The van der Waals surface area contributed by atoms with Crippen LogP contribution in [0.25, 0.3) is 0 Å². The van der Waals surface area contributed by atoms with Crippen molar-refractivity contribution in [2.24, 2.45) is 0 Å². The highest BCUT2D eigenvalue weighted by molar-refractivity contribution is 7.80. The van der Waals surface area contributed by atoms with Gasteiger partial charge in [-0.1, -0.05) is 25.3 Å². The molecule has 6 nitrogen and oxygen atoms in total. The maximum atomic E-state index is 13.2. The Bertz CT molecular complexity index is 1160. The number of thiocarbonyl (C=S) groups is 1. The maximum absolute atomic E-state index is 13.2. The van der Waals surface area contributed by atoms with E-state index in [-0.39, 0.29) is 30.2 Å². The van der Waals surface area contributed by atoms with E-state index in [4.69, 9.17) is 12.2 Å². The largest absolute Gasteiger partial charge is 0.352 e. The van der Waals surface area contributed by atoms with Gasteiger partial charge in [0.15, 0.2) is 5.11 Å². The van der Waals surface area contributed by atoms with Gasteiger partial charge in [-0.25, -0.2) is 4.39 Å². The zero-order chi connectivity index (χ0) is 24.2. The predicted octanol–water partition coefficient (Wildman–Crippen LogP) is 5.53. The number of nitrogens with zero attached hydrogens (tertiary/aromatic N) is 3. The molecule has 1 aromatic carbocycles. The Balaban J connectivity index is 1.35. The minimum absolute atomic E-state index is 0.0686. The van der Waals surface area contributed by atoms with Crippen LogP contribution in [-0.4, -0.2) is 32.0 Å². The van der Waals surface area contributed by atoms with Gasteiger partial charge in [0.25, 0.3) is 0 Å². The molecule has 5 rings (SSSR count). The van der Waals surface area contributed by atoms with Crippen molar-refractivity contribution in [3.63, 3.8) is 0 Å². The molecule has 2 aromatic heterocycles. The lowest BCUT2D eigenvalue weighted by atomic mass is 9.95. The quantitative estimate of drug-likeness (QED) is 0.426. The second kappa shape index (κ2) is 10.6. The average Bonchev–Trinajstić information content (AvgIpc) is 3.50. The van der Waals surface area contributed by atoms with Gasteiger partial charge in [-0.3, -0.25) is 9.78 Å². The molecule has 1 amide bonds.